The maximum absolute atomic E-state index is 12.3. The molecule has 0 atom stereocenters. The van der Waals surface area contributed by atoms with Gasteiger partial charge in [-0.05, 0) is 32.0 Å². The number of benzene rings is 1. The molecule has 1 aliphatic heterocycles. The van der Waals surface area contributed by atoms with Crippen LogP contribution in [0.15, 0.2) is 30.6 Å². The number of nitrogens with one attached hydrogen (secondary N) is 2. The number of carbonyl (C=O) groups excluding carboxylic acids is 1. The molecule has 0 aliphatic carbocycles. The maximum Gasteiger partial charge on any atom is 0.252 e. The molecule has 0 saturated carbocycles. The van der Waals surface area contributed by atoms with Crippen molar-refractivity contribution in [1.82, 2.24) is 25.4 Å². The molecule has 0 spiro atoms. The largest absolute Gasteiger partial charge is 0.351 e. The highest BCUT2D eigenvalue weighted by Crippen LogP contribution is 2.19. The second-order valence-corrected chi connectivity index (χ2v) is 5.18. The van der Waals surface area contributed by atoms with Crippen LogP contribution < -0.4 is 5.32 Å². The van der Waals surface area contributed by atoms with Crippen molar-refractivity contribution < 1.29 is 4.79 Å². The Labute approximate surface area is 123 Å². The molecular formula is C15H19N5O. The number of hydrogen-bond donors (Lipinski definition) is 2. The molecule has 1 saturated heterocycles. The molecule has 1 amide bonds. The van der Waals surface area contributed by atoms with E-state index in [1.165, 1.54) is 19.2 Å². The van der Waals surface area contributed by atoms with Crippen LogP contribution in [0.3, 0.4) is 0 Å². The summed E-state index contributed by atoms with van der Waals surface area (Å²) >= 11 is 0. The van der Waals surface area contributed by atoms with E-state index in [0.29, 0.717) is 17.9 Å². The van der Waals surface area contributed by atoms with Crippen LogP contribution in [-0.4, -0.2) is 52.2 Å². The Hall–Kier alpha value is -2.21. The normalized spacial score (nSPS) is 15.2. The fourth-order valence-corrected chi connectivity index (χ4v) is 2.65. The first-order valence-electron chi connectivity index (χ1n) is 7.30. The van der Waals surface area contributed by atoms with Gasteiger partial charge in [-0.2, -0.15) is 5.10 Å². The third-order valence-electron chi connectivity index (χ3n) is 3.75. The number of nitrogens with zero attached hydrogens (tertiary/aromatic N) is 3. The predicted molar refractivity (Wildman–Crippen MR) is 79.8 cm³/mol. The van der Waals surface area contributed by atoms with Crippen LogP contribution in [0.2, 0.25) is 0 Å². The van der Waals surface area contributed by atoms with Crippen LogP contribution in [0.5, 0.6) is 0 Å². The molecule has 21 heavy (non-hydrogen) atoms. The fourth-order valence-electron chi connectivity index (χ4n) is 2.65. The summed E-state index contributed by atoms with van der Waals surface area (Å²) in [5, 5.41) is 9.62. The van der Waals surface area contributed by atoms with Gasteiger partial charge in [0.25, 0.3) is 5.91 Å². The Morgan fingerprint density at radius 3 is 2.86 bits per heavy atom. The minimum atomic E-state index is -0.0683. The van der Waals surface area contributed by atoms with Gasteiger partial charge >= 0.3 is 0 Å². The minimum Gasteiger partial charge on any atom is -0.351 e. The highest BCUT2D eigenvalue weighted by molar-refractivity contribution is 6.00. The van der Waals surface area contributed by atoms with Crippen LogP contribution in [-0.2, 0) is 0 Å². The molecule has 2 heterocycles. The molecule has 0 radical (unpaired) electrons. The molecule has 2 N–H and O–H groups in total. The molecule has 0 bridgehead atoms. The van der Waals surface area contributed by atoms with Crippen molar-refractivity contribution in [3.63, 3.8) is 0 Å². The topological polar surface area (TPSA) is 73.9 Å². The minimum absolute atomic E-state index is 0.0683. The van der Waals surface area contributed by atoms with Crippen molar-refractivity contribution in [3.8, 4) is 11.4 Å². The third-order valence-corrected chi connectivity index (χ3v) is 3.75. The van der Waals surface area contributed by atoms with Gasteiger partial charge in [0.2, 0.25) is 0 Å². The van der Waals surface area contributed by atoms with Gasteiger partial charge in [0.15, 0.2) is 5.82 Å². The van der Waals surface area contributed by atoms with E-state index in [1.807, 2.05) is 24.3 Å². The second kappa shape index (κ2) is 6.49. The molecule has 0 unspecified atom stereocenters. The summed E-state index contributed by atoms with van der Waals surface area (Å²) in [5.41, 5.74) is 1.39. The van der Waals surface area contributed by atoms with E-state index in [2.05, 4.69) is 25.4 Å². The Bertz CT molecular complexity index is 590. The first kappa shape index (κ1) is 13.8. The Morgan fingerprint density at radius 2 is 2.10 bits per heavy atom. The van der Waals surface area contributed by atoms with E-state index >= 15 is 0 Å². The molecule has 1 fully saturated rings. The summed E-state index contributed by atoms with van der Waals surface area (Å²) in [7, 11) is 0. The molecule has 6 heteroatoms. The highest BCUT2D eigenvalue weighted by atomic mass is 16.1. The summed E-state index contributed by atoms with van der Waals surface area (Å²) in [5.74, 6) is 0.543. The summed E-state index contributed by atoms with van der Waals surface area (Å²) in [6.07, 6.45) is 3.97. The van der Waals surface area contributed by atoms with Gasteiger partial charge in [0.05, 0.1) is 5.56 Å². The van der Waals surface area contributed by atoms with Crippen molar-refractivity contribution in [2.45, 2.75) is 12.8 Å². The van der Waals surface area contributed by atoms with Gasteiger partial charge in [-0.3, -0.25) is 9.89 Å². The van der Waals surface area contributed by atoms with E-state index in [4.69, 9.17) is 0 Å². The molecule has 1 aromatic heterocycles. The van der Waals surface area contributed by atoms with Crippen LogP contribution in [0.4, 0.5) is 0 Å². The number of rotatable bonds is 5. The summed E-state index contributed by atoms with van der Waals surface area (Å²) < 4.78 is 0. The smallest absolute Gasteiger partial charge is 0.252 e. The molecule has 110 valence electrons. The van der Waals surface area contributed by atoms with Crippen LogP contribution in [0.25, 0.3) is 11.4 Å². The number of likely N-dealkylation sites (tertiary alicyclic amines) is 1. The van der Waals surface area contributed by atoms with Gasteiger partial charge in [-0.15, -0.1) is 0 Å². The lowest BCUT2D eigenvalue weighted by atomic mass is 10.1. The van der Waals surface area contributed by atoms with Crippen molar-refractivity contribution in [2.24, 2.45) is 0 Å². The molecule has 1 aromatic carbocycles. The van der Waals surface area contributed by atoms with Gasteiger partial charge in [-0.1, -0.05) is 18.2 Å². The molecule has 6 nitrogen and oxygen atoms in total. The average Bonchev–Trinajstić information content (AvgIpc) is 3.20. The molecular weight excluding hydrogens is 266 g/mol. The van der Waals surface area contributed by atoms with Crippen molar-refractivity contribution in [3.05, 3.63) is 36.2 Å². The summed E-state index contributed by atoms with van der Waals surface area (Å²) in [6.45, 7) is 3.87. The van der Waals surface area contributed by atoms with Crippen molar-refractivity contribution in [2.75, 3.05) is 26.2 Å². The van der Waals surface area contributed by atoms with E-state index in [1.54, 1.807) is 0 Å². The summed E-state index contributed by atoms with van der Waals surface area (Å²) in [6, 6.07) is 7.42. The Kier molecular flexibility index (Phi) is 4.25. The Morgan fingerprint density at radius 1 is 1.29 bits per heavy atom. The van der Waals surface area contributed by atoms with Gasteiger partial charge in [-0.25, -0.2) is 4.98 Å². The fraction of sp³-hybridized carbons (Fsp3) is 0.400. The summed E-state index contributed by atoms with van der Waals surface area (Å²) in [4.78, 5) is 18.8. The van der Waals surface area contributed by atoms with E-state index in [0.717, 1.165) is 25.2 Å². The zero-order valence-electron chi connectivity index (χ0n) is 11.9. The second-order valence-electron chi connectivity index (χ2n) is 5.18. The Balaban J connectivity index is 1.64. The maximum atomic E-state index is 12.3. The lowest BCUT2D eigenvalue weighted by molar-refractivity contribution is 0.0950. The van der Waals surface area contributed by atoms with Gasteiger partial charge < -0.3 is 10.2 Å². The van der Waals surface area contributed by atoms with Crippen molar-refractivity contribution >= 4 is 5.91 Å². The van der Waals surface area contributed by atoms with Gasteiger partial charge in [0, 0.05) is 18.7 Å². The quantitative estimate of drug-likeness (QED) is 0.868. The lowest BCUT2D eigenvalue weighted by Crippen LogP contribution is -2.33. The van der Waals surface area contributed by atoms with E-state index in [-0.39, 0.29) is 5.91 Å². The SMILES string of the molecule is O=C(NCCN1CCCC1)c1ccccc1-c1ncn[nH]1. The van der Waals surface area contributed by atoms with Gasteiger partial charge in [0.1, 0.15) is 6.33 Å². The third kappa shape index (κ3) is 3.28. The zero-order valence-corrected chi connectivity index (χ0v) is 11.9. The molecule has 3 rings (SSSR count). The number of carbonyl (C=O) groups is 1. The number of H-pyrrole nitrogens is 1. The lowest BCUT2D eigenvalue weighted by Gasteiger charge is -2.15. The van der Waals surface area contributed by atoms with E-state index in [9.17, 15) is 4.79 Å². The number of aromatic nitrogens is 3. The monoisotopic (exact) mass is 285 g/mol. The van der Waals surface area contributed by atoms with Crippen LogP contribution in [0.1, 0.15) is 23.2 Å². The number of hydrogen-bond acceptors (Lipinski definition) is 4. The zero-order chi connectivity index (χ0) is 14.5. The first-order chi connectivity index (χ1) is 10.3. The predicted octanol–water partition coefficient (Wildman–Crippen LogP) is 1.30. The average molecular weight is 285 g/mol. The van der Waals surface area contributed by atoms with Crippen LogP contribution in [0, 0.1) is 0 Å². The van der Waals surface area contributed by atoms with Crippen molar-refractivity contribution in [1.29, 1.82) is 0 Å². The number of aromatic amines is 1. The first-order valence-corrected chi connectivity index (χ1v) is 7.30. The molecule has 1 aliphatic rings. The van der Waals surface area contributed by atoms with Crippen LogP contribution >= 0.6 is 0 Å². The molecule has 2 aromatic rings. The highest BCUT2D eigenvalue weighted by Gasteiger charge is 2.15. The number of amides is 1. The van der Waals surface area contributed by atoms with E-state index < -0.39 is 0 Å². The standard InChI is InChI=1S/C15H19N5O/c21-15(16-7-10-20-8-3-4-9-20)13-6-2-1-5-12(13)14-17-11-18-19-14/h1-2,5-6,11H,3-4,7-10H2,(H,16,21)(H,17,18,19).